The van der Waals surface area contributed by atoms with Gasteiger partial charge in [-0.05, 0) is 23.5 Å². The van der Waals surface area contributed by atoms with E-state index >= 15 is 0 Å². The number of nitrogens with zero attached hydrogens (tertiary/aromatic N) is 3. The Morgan fingerprint density at radius 1 is 1.45 bits per heavy atom. The average Bonchev–Trinajstić information content (AvgIpc) is 2.36. The lowest BCUT2D eigenvalue weighted by Gasteiger charge is -2.29. The van der Waals surface area contributed by atoms with Gasteiger partial charge in [-0.3, -0.25) is 4.79 Å². The molecule has 0 fully saturated rings. The number of hydrogen-bond donors (Lipinski definition) is 1. The Balaban J connectivity index is 2.91. The molecule has 0 aromatic carbocycles. The minimum absolute atomic E-state index is 0.0403. The summed E-state index contributed by atoms with van der Waals surface area (Å²) in [7, 11) is 1.98. The van der Waals surface area contributed by atoms with E-state index in [-0.39, 0.29) is 11.0 Å². The highest BCUT2D eigenvalue weighted by Crippen LogP contribution is 2.27. The van der Waals surface area contributed by atoms with Crippen molar-refractivity contribution in [1.82, 2.24) is 9.78 Å². The van der Waals surface area contributed by atoms with Crippen molar-refractivity contribution in [3.63, 3.8) is 0 Å². The van der Waals surface area contributed by atoms with Crippen molar-refractivity contribution >= 4 is 18.3 Å². The molecule has 0 bridgehead atoms. The molecule has 0 spiro atoms. The van der Waals surface area contributed by atoms with E-state index in [1.165, 1.54) is 0 Å². The highest BCUT2D eigenvalue weighted by atomic mass is 32.1. The van der Waals surface area contributed by atoms with Crippen LogP contribution >= 0.6 is 12.6 Å². The van der Waals surface area contributed by atoms with Crippen LogP contribution in [0, 0.1) is 11.3 Å². The second-order valence-corrected chi connectivity index (χ2v) is 6.77. The molecule has 4 nitrogen and oxygen atoms in total. The number of aromatic nitrogens is 2. The maximum absolute atomic E-state index is 12.2. The lowest BCUT2D eigenvalue weighted by molar-refractivity contribution is 0.228. The third-order valence-electron chi connectivity index (χ3n) is 3.69. The fraction of sp³-hybridized carbons (Fsp3) is 0.733. The van der Waals surface area contributed by atoms with E-state index < -0.39 is 0 Å². The quantitative estimate of drug-likeness (QED) is 0.820. The van der Waals surface area contributed by atoms with Crippen LogP contribution in [0.1, 0.15) is 34.1 Å². The summed E-state index contributed by atoms with van der Waals surface area (Å²) in [6.07, 6.45) is 2.82. The molecule has 20 heavy (non-hydrogen) atoms. The van der Waals surface area contributed by atoms with Gasteiger partial charge in [0.05, 0.1) is 11.9 Å². The monoisotopic (exact) mass is 297 g/mol. The third-order valence-corrected chi connectivity index (χ3v) is 4.13. The highest BCUT2D eigenvalue weighted by Gasteiger charge is 2.24. The summed E-state index contributed by atoms with van der Waals surface area (Å²) in [4.78, 5) is 14.2. The zero-order chi connectivity index (χ0) is 15.3. The standard InChI is InChI=1S/C15H27N3OS/c1-6-7-17(5)13-8-14(19)18(16-9-13)10-12(11-20)15(2,3)4/h8-9,12,20H,6-7,10-11H2,1-5H3. The van der Waals surface area contributed by atoms with Crippen molar-refractivity contribution in [3.8, 4) is 0 Å². The van der Waals surface area contributed by atoms with Crippen LogP contribution in [-0.4, -0.2) is 29.1 Å². The zero-order valence-electron chi connectivity index (χ0n) is 13.3. The van der Waals surface area contributed by atoms with Crippen LogP contribution in [0.4, 0.5) is 5.69 Å². The van der Waals surface area contributed by atoms with Crippen LogP contribution in [0.5, 0.6) is 0 Å². The number of rotatable bonds is 6. The molecule has 0 radical (unpaired) electrons. The molecule has 1 unspecified atom stereocenters. The third kappa shape index (κ3) is 4.54. The normalized spacial score (nSPS) is 13.3. The lowest BCUT2D eigenvalue weighted by atomic mass is 9.82. The molecule has 0 aliphatic carbocycles. The Kier molecular flexibility index (Phi) is 6.11. The van der Waals surface area contributed by atoms with Crippen LogP contribution < -0.4 is 10.5 Å². The van der Waals surface area contributed by atoms with Crippen molar-refractivity contribution in [2.24, 2.45) is 11.3 Å². The minimum Gasteiger partial charge on any atom is -0.373 e. The van der Waals surface area contributed by atoms with Gasteiger partial charge in [0.15, 0.2) is 0 Å². The molecule has 1 atom stereocenters. The van der Waals surface area contributed by atoms with E-state index in [0.29, 0.717) is 12.5 Å². The smallest absolute Gasteiger partial charge is 0.268 e. The predicted octanol–water partition coefficient (Wildman–Crippen LogP) is 2.68. The fourth-order valence-corrected chi connectivity index (χ4v) is 2.71. The van der Waals surface area contributed by atoms with Gasteiger partial charge in [0.1, 0.15) is 0 Å². The van der Waals surface area contributed by atoms with Crippen molar-refractivity contribution < 1.29 is 0 Å². The van der Waals surface area contributed by atoms with Crippen molar-refractivity contribution in [3.05, 3.63) is 22.6 Å². The maximum atomic E-state index is 12.2. The van der Waals surface area contributed by atoms with Crippen LogP contribution in [0.2, 0.25) is 0 Å². The lowest BCUT2D eigenvalue weighted by Crippen LogP contribution is -2.33. The van der Waals surface area contributed by atoms with Gasteiger partial charge in [0.25, 0.3) is 5.56 Å². The van der Waals surface area contributed by atoms with Gasteiger partial charge in [0.2, 0.25) is 0 Å². The molecule has 0 aliphatic heterocycles. The number of anilines is 1. The average molecular weight is 297 g/mol. The molecule has 1 aromatic heterocycles. The van der Waals surface area contributed by atoms with E-state index in [1.54, 1.807) is 16.9 Å². The SMILES string of the molecule is CCCN(C)c1cnn(CC(CS)C(C)(C)C)c(=O)c1. The molecule has 5 heteroatoms. The van der Waals surface area contributed by atoms with Crippen molar-refractivity contribution in [2.75, 3.05) is 24.2 Å². The van der Waals surface area contributed by atoms with E-state index in [9.17, 15) is 4.79 Å². The van der Waals surface area contributed by atoms with Gasteiger partial charge >= 0.3 is 0 Å². The topological polar surface area (TPSA) is 38.1 Å². The molecule has 0 amide bonds. The van der Waals surface area contributed by atoms with Gasteiger partial charge in [-0.2, -0.15) is 17.7 Å². The highest BCUT2D eigenvalue weighted by molar-refractivity contribution is 7.80. The minimum atomic E-state index is -0.0403. The van der Waals surface area contributed by atoms with Gasteiger partial charge in [0, 0.05) is 26.2 Å². The molecule has 1 aromatic rings. The Morgan fingerprint density at radius 2 is 2.10 bits per heavy atom. The van der Waals surface area contributed by atoms with Crippen LogP contribution in [0.3, 0.4) is 0 Å². The van der Waals surface area contributed by atoms with Crippen molar-refractivity contribution in [2.45, 2.75) is 40.7 Å². The molecule has 0 saturated heterocycles. The predicted molar refractivity (Wildman–Crippen MR) is 88.9 cm³/mol. The molecule has 1 rings (SSSR count). The Bertz CT molecular complexity index is 479. The van der Waals surface area contributed by atoms with Gasteiger partial charge in [-0.15, -0.1) is 0 Å². The van der Waals surface area contributed by atoms with E-state index in [4.69, 9.17) is 0 Å². The van der Waals surface area contributed by atoms with Gasteiger partial charge in [-0.25, -0.2) is 4.68 Å². The Hall–Kier alpha value is -0.970. The molecule has 0 N–H and O–H groups in total. The molecule has 1 heterocycles. The molecule has 0 aliphatic rings. The van der Waals surface area contributed by atoms with Gasteiger partial charge in [-0.1, -0.05) is 27.7 Å². The largest absolute Gasteiger partial charge is 0.373 e. The van der Waals surface area contributed by atoms with Gasteiger partial charge < -0.3 is 4.90 Å². The second kappa shape index (κ2) is 7.16. The van der Waals surface area contributed by atoms with E-state index in [1.807, 2.05) is 7.05 Å². The fourth-order valence-electron chi connectivity index (χ4n) is 2.05. The number of thiol groups is 1. The van der Waals surface area contributed by atoms with Crippen LogP contribution in [0.15, 0.2) is 17.1 Å². The first kappa shape index (κ1) is 17.1. The van der Waals surface area contributed by atoms with Crippen LogP contribution in [-0.2, 0) is 6.54 Å². The second-order valence-electron chi connectivity index (χ2n) is 6.40. The summed E-state index contributed by atoms with van der Waals surface area (Å²) in [5, 5.41) is 4.31. The summed E-state index contributed by atoms with van der Waals surface area (Å²) in [6.45, 7) is 10.2. The first-order valence-electron chi connectivity index (χ1n) is 7.18. The number of hydrogen-bond acceptors (Lipinski definition) is 4. The van der Waals surface area contributed by atoms with Crippen LogP contribution in [0.25, 0.3) is 0 Å². The zero-order valence-corrected chi connectivity index (χ0v) is 14.2. The Morgan fingerprint density at radius 3 is 2.55 bits per heavy atom. The summed E-state index contributed by atoms with van der Waals surface area (Å²) < 4.78 is 1.55. The summed E-state index contributed by atoms with van der Waals surface area (Å²) in [5.41, 5.74) is 0.952. The molecular weight excluding hydrogens is 270 g/mol. The summed E-state index contributed by atoms with van der Waals surface area (Å²) in [6, 6.07) is 1.67. The summed E-state index contributed by atoms with van der Waals surface area (Å²) in [5.74, 6) is 1.06. The molecule has 114 valence electrons. The van der Waals surface area contributed by atoms with E-state index in [0.717, 1.165) is 24.4 Å². The first-order chi connectivity index (χ1) is 9.29. The summed E-state index contributed by atoms with van der Waals surface area (Å²) >= 11 is 4.40. The first-order valence-corrected chi connectivity index (χ1v) is 7.82. The van der Waals surface area contributed by atoms with Crippen molar-refractivity contribution in [1.29, 1.82) is 0 Å². The van der Waals surface area contributed by atoms with E-state index in [2.05, 4.69) is 50.3 Å². The Labute approximate surface area is 127 Å². The molecular formula is C15H27N3OS. The molecule has 0 saturated carbocycles. The maximum Gasteiger partial charge on any atom is 0.268 e.